The zero-order valence-corrected chi connectivity index (χ0v) is 13.5. The van der Waals surface area contributed by atoms with Crippen LogP contribution < -0.4 is 4.74 Å². The van der Waals surface area contributed by atoms with E-state index in [-0.39, 0.29) is 11.4 Å². The van der Waals surface area contributed by atoms with Crippen LogP contribution >= 0.6 is 0 Å². The molecule has 0 aliphatic heterocycles. The Labute approximate surface area is 145 Å². The summed E-state index contributed by atoms with van der Waals surface area (Å²) in [5.41, 5.74) is 3.14. The number of nitro groups is 1. The van der Waals surface area contributed by atoms with Crippen LogP contribution in [-0.4, -0.2) is 16.6 Å². The molecular formula is C20H17NO4. The van der Waals surface area contributed by atoms with E-state index in [2.05, 4.69) is 0 Å². The van der Waals surface area contributed by atoms with E-state index in [1.807, 2.05) is 36.4 Å². The molecule has 5 heteroatoms. The maximum absolute atomic E-state index is 10.7. The van der Waals surface area contributed by atoms with Crippen LogP contribution in [0.2, 0.25) is 0 Å². The first-order valence-corrected chi connectivity index (χ1v) is 7.88. The highest BCUT2D eigenvalue weighted by Crippen LogP contribution is 2.27. The molecule has 25 heavy (non-hydrogen) atoms. The molecule has 0 fully saturated rings. The summed E-state index contributed by atoms with van der Waals surface area (Å²) < 4.78 is 5.67. The van der Waals surface area contributed by atoms with Crippen molar-refractivity contribution in [2.75, 3.05) is 6.61 Å². The van der Waals surface area contributed by atoms with Crippen molar-refractivity contribution in [3.05, 3.63) is 88.5 Å². The van der Waals surface area contributed by atoms with Crippen LogP contribution in [0.3, 0.4) is 0 Å². The average molecular weight is 335 g/mol. The number of ether oxygens (including phenoxy) is 1. The van der Waals surface area contributed by atoms with Crippen LogP contribution in [-0.2, 0) is 6.42 Å². The molecule has 0 unspecified atom stereocenters. The lowest BCUT2D eigenvalue weighted by atomic mass is 9.97. The average Bonchev–Trinajstić information content (AvgIpc) is 2.63. The molecule has 0 amide bonds. The van der Waals surface area contributed by atoms with E-state index < -0.39 is 4.92 Å². The standard InChI is InChI=1S/C20H17NO4/c22-18-8-11-20(15-4-2-1-3-5-15)16(14-18)12-13-25-19-9-6-17(7-10-19)21(23)24/h1-11,14,22H,12-13H2. The molecule has 0 spiro atoms. The van der Waals surface area contributed by atoms with E-state index in [0.29, 0.717) is 18.8 Å². The number of phenols is 1. The first-order chi connectivity index (χ1) is 12.1. The number of nitrogens with zero attached hydrogens (tertiary/aromatic N) is 1. The summed E-state index contributed by atoms with van der Waals surface area (Å²) in [7, 11) is 0. The molecule has 3 aromatic carbocycles. The predicted octanol–water partition coefficient (Wildman–Crippen LogP) is 4.59. The van der Waals surface area contributed by atoms with Gasteiger partial charge in [-0.15, -0.1) is 0 Å². The number of rotatable bonds is 6. The Morgan fingerprint density at radius 2 is 1.68 bits per heavy atom. The van der Waals surface area contributed by atoms with Gasteiger partial charge in [0.05, 0.1) is 11.5 Å². The Hall–Kier alpha value is -3.34. The molecule has 0 heterocycles. The Morgan fingerprint density at radius 1 is 0.960 bits per heavy atom. The molecule has 3 aromatic rings. The van der Waals surface area contributed by atoms with Crippen LogP contribution in [0.1, 0.15) is 5.56 Å². The summed E-state index contributed by atoms with van der Waals surface area (Å²) in [4.78, 5) is 10.2. The van der Waals surface area contributed by atoms with Crippen LogP contribution in [0.4, 0.5) is 5.69 Å². The second kappa shape index (κ2) is 7.49. The van der Waals surface area contributed by atoms with E-state index >= 15 is 0 Å². The zero-order chi connectivity index (χ0) is 17.6. The third-order valence-corrected chi connectivity index (χ3v) is 3.86. The van der Waals surface area contributed by atoms with Gasteiger partial charge in [0.25, 0.3) is 5.69 Å². The third kappa shape index (κ3) is 4.14. The van der Waals surface area contributed by atoms with Crippen molar-refractivity contribution in [1.82, 2.24) is 0 Å². The van der Waals surface area contributed by atoms with Crippen LogP contribution in [0.5, 0.6) is 11.5 Å². The molecule has 0 atom stereocenters. The van der Waals surface area contributed by atoms with Crippen LogP contribution in [0, 0.1) is 10.1 Å². The van der Waals surface area contributed by atoms with E-state index in [0.717, 1.165) is 16.7 Å². The smallest absolute Gasteiger partial charge is 0.269 e. The molecule has 0 bridgehead atoms. The molecule has 0 aliphatic carbocycles. The summed E-state index contributed by atoms with van der Waals surface area (Å²) in [6, 6.07) is 21.2. The fourth-order valence-corrected chi connectivity index (χ4v) is 2.63. The van der Waals surface area contributed by atoms with Crippen molar-refractivity contribution in [3.8, 4) is 22.6 Å². The maximum atomic E-state index is 10.7. The summed E-state index contributed by atoms with van der Waals surface area (Å²) >= 11 is 0. The van der Waals surface area contributed by atoms with Crippen molar-refractivity contribution >= 4 is 5.69 Å². The summed E-state index contributed by atoms with van der Waals surface area (Å²) in [5.74, 6) is 0.789. The fourth-order valence-electron chi connectivity index (χ4n) is 2.63. The van der Waals surface area contributed by atoms with E-state index in [4.69, 9.17) is 4.74 Å². The highest BCUT2D eigenvalue weighted by Gasteiger charge is 2.08. The fraction of sp³-hybridized carbons (Fsp3) is 0.100. The Morgan fingerprint density at radius 3 is 2.36 bits per heavy atom. The van der Waals surface area contributed by atoms with Gasteiger partial charge in [0.2, 0.25) is 0 Å². The topological polar surface area (TPSA) is 72.6 Å². The number of non-ortho nitro benzene ring substituents is 1. The number of hydrogen-bond donors (Lipinski definition) is 1. The van der Waals surface area contributed by atoms with E-state index in [1.54, 1.807) is 24.3 Å². The Bertz CT molecular complexity index is 861. The van der Waals surface area contributed by atoms with Gasteiger partial charge < -0.3 is 9.84 Å². The summed E-state index contributed by atoms with van der Waals surface area (Å²) in [6.45, 7) is 0.404. The van der Waals surface area contributed by atoms with Crippen molar-refractivity contribution in [3.63, 3.8) is 0 Å². The number of aromatic hydroxyl groups is 1. The van der Waals surface area contributed by atoms with Gasteiger partial charge in [-0.2, -0.15) is 0 Å². The van der Waals surface area contributed by atoms with Gasteiger partial charge in [0, 0.05) is 18.6 Å². The second-order valence-electron chi connectivity index (χ2n) is 5.56. The second-order valence-corrected chi connectivity index (χ2v) is 5.56. The quantitative estimate of drug-likeness (QED) is 0.528. The number of hydrogen-bond acceptors (Lipinski definition) is 4. The minimum atomic E-state index is -0.442. The number of phenolic OH excluding ortho intramolecular Hbond substituents is 1. The Kier molecular flexibility index (Phi) is 4.95. The van der Waals surface area contributed by atoms with Crippen LogP contribution in [0.25, 0.3) is 11.1 Å². The molecule has 0 radical (unpaired) electrons. The van der Waals surface area contributed by atoms with Crippen molar-refractivity contribution < 1.29 is 14.8 Å². The van der Waals surface area contributed by atoms with E-state index in [1.165, 1.54) is 12.1 Å². The minimum absolute atomic E-state index is 0.0340. The lowest BCUT2D eigenvalue weighted by molar-refractivity contribution is -0.384. The first-order valence-electron chi connectivity index (χ1n) is 7.88. The molecule has 0 aliphatic rings. The summed E-state index contributed by atoms with van der Waals surface area (Å²) in [6.07, 6.45) is 0.607. The predicted molar refractivity (Wildman–Crippen MR) is 95.8 cm³/mol. The van der Waals surface area contributed by atoms with Gasteiger partial charge in [-0.25, -0.2) is 0 Å². The summed E-state index contributed by atoms with van der Waals surface area (Å²) in [5, 5.41) is 20.4. The van der Waals surface area contributed by atoms with Gasteiger partial charge in [-0.3, -0.25) is 10.1 Å². The normalized spacial score (nSPS) is 10.4. The van der Waals surface area contributed by atoms with Gasteiger partial charge >= 0.3 is 0 Å². The molecule has 1 N–H and O–H groups in total. The van der Waals surface area contributed by atoms with Gasteiger partial charge in [-0.05, 0) is 41.0 Å². The third-order valence-electron chi connectivity index (χ3n) is 3.86. The largest absolute Gasteiger partial charge is 0.508 e. The lowest BCUT2D eigenvalue weighted by Gasteiger charge is -2.11. The Balaban J connectivity index is 1.70. The number of nitro benzene ring substituents is 1. The van der Waals surface area contributed by atoms with Crippen molar-refractivity contribution in [2.45, 2.75) is 6.42 Å². The minimum Gasteiger partial charge on any atom is -0.508 e. The SMILES string of the molecule is O=[N+]([O-])c1ccc(OCCc2cc(O)ccc2-c2ccccc2)cc1. The zero-order valence-electron chi connectivity index (χ0n) is 13.5. The maximum Gasteiger partial charge on any atom is 0.269 e. The molecule has 126 valence electrons. The monoisotopic (exact) mass is 335 g/mol. The molecule has 3 rings (SSSR count). The highest BCUT2D eigenvalue weighted by atomic mass is 16.6. The molecule has 0 saturated heterocycles. The van der Waals surface area contributed by atoms with Crippen molar-refractivity contribution in [2.24, 2.45) is 0 Å². The van der Waals surface area contributed by atoms with Gasteiger partial charge in [-0.1, -0.05) is 36.4 Å². The highest BCUT2D eigenvalue weighted by molar-refractivity contribution is 5.68. The molecule has 0 aromatic heterocycles. The lowest BCUT2D eigenvalue weighted by Crippen LogP contribution is -2.03. The molecular weight excluding hydrogens is 318 g/mol. The molecule has 5 nitrogen and oxygen atoms in total. The number of benzene rings is 3. The van der Waals surface area contributed by atoms with E-state index in [9.17, 15) is 15.2 Å². The first kappa shape index (κ1) is 16.5. The van der Waals surface area contributed by atoms with Gasteiger partial charge in [0.15, 0.2) is 0 Å². The molecule has 0 saturated carbocycles. The van der Waals surface area contributed by atoms with Crippen molar-refractivity contribution in [1.29, 1.82) is 0 Å². The van der Waals surface area contributed by atoms with Gasteiger partial charge in [0.1, 0.15) is 11.5 Å². The van der Waals surface area contributed by atoms with Crippen LogP contribution in [0.15, 0.2) is 72.8 Å².